The third-order valence-electron chi connectivity index (χ3n) is 9.73. The number of carboxylic acid groups (broad SMARTS) is 1. The molecule has 2 bridgehead atoms. The number of carboxylic acids is 1. The average molecular weight is 628 g/mol. The van der Waals surface area contributed by atoms with Crippen molar-refractivity contribution in [3.05, 3.63) is 63.1 Å². The van der Waals surface area contributed by atoms with Crippen LogP contribution in [0.3, 0.4) is 0 Å². The highest BCUT2D eigenvalue weighted by molar-refractivity contribution is 7.22. The van der Waals surface area contributed by atoms with E-state index in [2.05, 4.69) is 19.9 Å². The van der Waals surface area contributed by atoms with Crippen LogP contribution in [0.15, 0.2) is 34.9 Å². The highest BCUT2D eigenvalue weighted by Crippen LogP contribution is 2.53. The topological polar surface area (TPSA) is 82.7 Å². The van der Waals surface area contributed by atoms with Gasteiger partial charge in [0.25, 0.3) is 0 Å². The van der Waals surface area contributed by atoms with Crippen LogP contribution in [-0.4, -0.2) is 51.3 Å². The molecule has 2 atom stereocenters. The van der Waals surface area contributed by atoms with E-state index < -0.39 is 11.8 Å². The minimum absolute atomic E-state index is 0.0422. The Morgan fingerprint density at radius 1 is 1.14 bits per heavy atom. The predicted octanol–water partition coefficient (Wildman–Crippen LogP) is 8.00. The molecule has 2 unspecified atom stereocenters. The summed E-state index contributed by atoms with van der Waals surface area (Å²) in [6.45, 7) is 2.78. The first kappa shape index (κ1) is 26.9. The third kappa shape index (κ3) is 4.43. The summed E-state index contributed by atoms with van der Waals surface area (Å²) in [5, 5.41) is 15.8. The molecule has 7 nitrogen and oxygen atoms in total. The summed E-state index contributed by atoms with van der Waals surface area (Å²) < 4.78 is 21.2. The maximum atomic E-state index is 14.7. The summed E-state index contributed by atoms with van der Waals surface area (Å²) in [6, 6.07) is 8.83. The zero-order chi connectivity index (χ0) is 28.7. The zero-order valence-electron chi connectivity index (χ0n) is 22.8. The van der Waals surface area contributed by atoms with Crippen molar-refractivity contribution in [2.24, 2.45) is 5.41 Å². The number of anilines is 1. The van der Waals surface area contributed by atoms with Crippen LogP contribution in [0.25, 0.3) is 21.5 Å². The molecular formula is C31H29Cl2FN4O3S. The molecule has 2 aromatic heterocycles. The number of benzene rings is 2. The van der Waals surface area contributed by atoms with E-state index in [0.717, 1.165) is 98.4 Å². The standard InChI is InChI=1S/C31H29Cl2FN4O3S/c32-21-2-1-3-22(33)25(21)26-20(28(41-36-26)16-4-5-16)14-37-9-8-31(15-37)12-18-6-7-19(13-31)38(18)30-35-27-23(34)10-17(29(39)40)11-24(27)42-30/h1-3,10-11,16,18-19H,4-9,12-15H2,(H,39,40). The zero-order valence-corrected chi connectivity index (χ0v) is 25.1. The van der Waals surface area contributed by atoms with Gasteiger partial charge in [-0.1, -0.05) is 45.8 Å². The van der Waals surface area contributed by atoms with Gasteiger partial charge >= 0.3 is 5.97 Å². The van der Waals surface area contributed by atoms with E-state index in [4.69, 9.17) is 27.7 Å². The van der Waals surface area contributed by atoms with Crippen molar-refractivity contribution in [3.8, 4) is 11.3 Å². The number of fused-ring (bicyclic) bond motifs is 3. The predicted molar refractivity (Wildman–Crippen MR) is 161 cm³/mol. The number of hydrogen-bond acceptors (Lipinski definition) is 7. The summed E-state index contributed by atoms with van der Waals surface area (Å²) in [6.07, 6.45) is 7.71. The SMILES string of the molecule is O=C(O)c1cc(F)c2nc(N3C4CCC3CC3(CCN(Cc5c(-c6c(Cl)cccc6Cl)noc5C5CC5)C3)C4)sc2c1. The van der Waals surface area contributed by atoms with Crippen LogP contribution in [0, 0.1) is 11.2 Å². The molecule has 2 aromatic carbocycles. The van der Waals surface area contributed by atoms with Crippen molar-refractivity contribution in [1.29, 1.82) is 0 Å². The smallest absolute Gasteiger partial charge is 0.335 e. The molecule has 1 saturated carbocycles. The van der Waals surface area contributed by atoms with Crippen LogP contribution in [0.5, 0.6) is 0 Å². The Morgan fingerprint density at radius 3 is 2.57 bits per heavy atom. The van der Waals surface area contributed by atoms with Crippen LogP contribution in [-0.2, 0) is 6.54 Å². The van der Waals surface area contributed by atoms with E-state index in [-0.39, 0.29) is 16.5 Å². The number of piperidine rings is 1. The highest BCUT2D eigenvalue weighted by Gasteiger charge is 2.51. The molecule has 1 aliphatic carbocycles. The fourth-order valence-electron chi connectivity index (χ4n) is 7.75. The molecule has 0 amide bonds. The van der Waals surface area contributed by atoms with E-state index in [1.165, 1.54) is 17.4 Å². The monoisotopic (exact) mass is 626 g/mol. The number of aromatic carboxylic acids is 1. The summed E-state index contributed by atoms with van der Waals surface area (Å²) in [5.41, 5.74) is 3.06. The van der Waals surface area contributed by atoms with E-state index in [9.17, 15) is 14.3 Å². The van der Waals surface area contributed by atoms with Crippen molar-refractivity contribution in [2.75, 3.05) is 18.0 Å². The van der Waals surface area contributed by atoms with Gasteiger partial charge in [0, 0.05) is 42.2 Å². The number of halogens is 3. The van der Waals surface area contributed by atoms with Crippen molar-refractivity contribution in [3.63, 3.8) is 0 Å². The number of carbonyl (C=O) groups is 1. The minimum atomic E-state index is -1.13. The van der Waals surface area contributed by atoms with Crippen LogP contribution in [0.2, 0.25) is 10.0 Å². The Hall–Kier alpha value is -2.72. The van der Waals surface area contributed by atoms with Gasteiger partial charge < -0.3 is 14.5 Å². The molecule has 5 heterocycles. The number of thiazole rings is 1. The van der Waals surface area contributed by atoms with Crippen molar-refractivity contribution >= 4 is 55.9 Å². The fraction of sp³-hybridized carbons (Fsp3) is 0.452. The van der Waals surface area contributed by atoms with Crippen molar-refractivity contribution in [2.45, 2.75) is 69.5 Å². The number of hydrogen-bond donors (Lipinski definition) is 1. The first-order chi connectivity index (χ1) is 20.3. The molecular weight excluding hydrogens is 598 g/mol. The molecule has 8 rings (SSSR count). The maximum absolute atomic E-state index is 14.7. The van der Waals surface area contributed by atoms with Crippen LogP contribution >= 0.6 is 34.5 Å². The minimum Gasteiger partial charge on any atom is -0.478 e. The van der Waals surface area contributed by atoms with Crippen LogP contribution in [0.4, 0.5) is 9.52 Å². The summed E-state index contributed by atoms with van der Waals surface area (Å²) in [4.78, 5) is 21.1. The highest BCUT2D eigenvalue weighted by atomic mass is 35.5. The maximum Gasteiger partial charge on any atom is 0.335 e. The van der Waals surface area contributed by atoms with E-state index in [1.54, 1.807) is 0 Å². The largest absolute Gasteiger partial charge is 0.478 e. The van der Waals surface area contributed by atoms with Crippen molar-refractivity contribution < 1.29 is 18.8 Å². The Bertz CT molecular complexity index is 1700. The summed E-state index contributed by atoms with van der Waals surface area (Å²) in [5.74, 6) is -0.306. The Labute approximate surface area is 256 Å². The quantitative estimate of drug-likeness (QED) is 0.232. The second kappa shape index (κ2) is 9.91. The van der Waals surface area contributed by atoms with E-state index >= 15 is 0 Å². The first-order valence-electron chi connectivity index (χ1n) is 14.6. The molecule has 11 heteroatoms. The lowest BCUT2D eigenvalue weighted by Crippen LogP contribution is -2.48. The molecule has 3 saturated heterocycles. The lowest BCUT2D eigenvalue weighted by Gasteiger charge is -2.45. The Balaban J connectivity index is 1.04. The Kier molecular flexibility index (Phi) is 6.34. The molecule has 1 spiro atoms. The van der Waals surface area contributed by atoms with Gasteiger partial charge in [0.05, 0.1) is 20.3 Å². The van der Waals surface area contributed by atoms with Crippen LogP contribution < -0.4 is 4.90 Å². The average Bonchev–Trinajstić information content (AvgIpc) is 3.25. The lowest BCUT2D eigenvalue weighted by molar-refractivity contribution is 0.0696. The van der Waals surface area contributed by atoms with Gasteiger partial charge in [0.2, 0.25) is 0 Å². The number of nitrogens with zero attached hydrogens (tertiary/aromatic N) is 4. The number of likely N-dealkylation sites (tertiary alicyclic amines) is 1. The molecule has 42 heavy (non-hydrogen) atoms. The van der Waals surface area contributed by atoms with Crippen LogP contribution in [0.1, 0.15) is 72.5 Å². The molecule has 4 fully saturated rings. The fourth-order valence-corrected chi connectivity index (χ4v) is 9.49. The van der Waals surface area contributed by atoms with Gasteiger partial charge in [-0.05, 0) is 81.2 Å². The van der Waals surface area contributed by atoms with Gasteiger partial charge in [-0.2, -0.15) is 0 Å². The number of aromatic nitrogens is 2. The molecule has 0 radical (unpaired) electrons. The normalized spacial score (nSPS) is 25.7. The second-order valence-electron chi connectivity index (χ2n) is 12.5. The molecule has 1 N–H and O–H groups in total. The molecule has 3 aliphatic heterocycles. The Morgan fingerprint density at radius 2 is 1.88 bits per heavy atom. The van der Waals surface area contributed by atoms with Gasteiger partial charge in [-0.25, -0.2) is 14.2 Å². The van der Waals surface area contributed by atoms with Gasteiger partial charge in [0.1, 0.15) is 17.0 Å². The van der Waals surface area contributed by atoms with Gasteiger partial charge in [0.15, 0.2) is 10.9 Å². The van der Waals surface area contributed by atoms with Crippen molar-refractivity contribution in [1.82, 2.24) is 15.0 Å². The van der Waals surface area contributed by atoms with E-state index in [0.29, 0.717) is 32.7 Å². The molecule has 218 valence electrons. The molecule has 4 aliphatic rings. The third-order valence-corrected chi connectivity index (χ3v) is 11.4. The first-order valence-corrected chi connectivity index (χ1v) is 16.1. The second-order valence-corrected chi connectivity index (χ2v) is 14.3. The number of rotatable bonds is 6. The summed E-state index contributed by atoms with van der Waals surface area (Å²) >= 11 is 14.6. The molecule has 4 aromatic rings. The lowest BCUT2D eigenvalue weighted by atomic mass is 9.74. The summed E-state index contributed by atoms with van der Waals surface area (Å²) in [7, 11) is 0. The van der Waals surface area contributed by atoms with Gasteiger partial charge in [-0.15, -0.1) is 0 Å². The van der Waals surface area contributed by atoms with Gasteiger partial charge in [-0.3, -0.25) is 4.90 Å². The van der Waals surface area contributed by atoms with E-state index in [1.807, 2.05) is 18.2 Å².